The number of carbonyl (C=O) groups excluding carboxylic acids is 1. The number of nitrogens with one attached hydrogen (secondary N) is 2. The third-order valence-electron chi connectivity index (χ3n) is 5.35. The fourth-order valence-electron chi connectivity index (χ4n) is 3.85. The molecule has 0 bridgehead atoms. The molecule has 0 saturated carbocycles. The lowest BCUT2D eigenvalue weighted by Crippen LogP contribution is -2.46. The zero-order chi connectivity index (χ0) is 20.2. The molecule has 29 heavy (non-hydrogen) atoms. The van der Waals surface area contributed by atoms with Crippen molar-refractivity contribution in [3.8, 4) is 5.75 Å². The van der Waals surface area contributed by atoms with E-state index in [1.54, 1.807) is 7.11 Å². The van der Waals surface area contributed by atoms with Crippen LogP contribution in [0.5, 0.6) is 5.75 Å². The number of hydrogen-bond acceptors (Lipinski definition) is 3. The number of rotatable bonds is 5. The normalized spacial score (nSPS) is 15.1. The summed E-state index contributed by atoms with van der Waals surface area (Å²) in [6.07, 6.45) is 7.49. The van der Waals surface area contributed by atoms with Crippen molar-refractivity contribution >= 4 is 22.6 Å². The van der Waals surface area contributed by atoms with Gasteiger partial charge in [0.15, 0.2) is 0 Å². The number of ether oxygens (including phenoxy) is 1. The lowest BCUT2D eigenvalue weighted by Gasteiger charge is -2.28. The van der Waals surface area contributed by atoms with Gasteiger partial charge in [0.25, 0.3) is 0 Å². The van der Waals surface area contributed by atoms with Gasteiger partial charge in [-0.05, 0) is 60.7 Å². The van der Waals surface area contributed by atoms with E-state index in [1.807, 2.05) is 48.5 Å². The molecule has 2 amide bonds. The zero-order valence-electron chi connectivity index (χ0n) is 16.8. The van der Waals surface area contributed by atoms with Crippen molar-refractivity contribution in [2.45, 2.75) is 25.8 Å². The second kappa shape index (κ2) is 8.39. The van der Waals surface area contributed by atoms with Gasteiger partial charge in [-0.25, -0.2) is 9.78 Å². The Morgan fingerprint density at radius 2 is 2.24 bits per heavy atom. The molecule has 1 aliphatic heterocycles. The first-order valence-electron chi connectivity index (χ1n) is 9.94. The number of aromatic amines is 1. The number of urea groups is 1. The van der Waals surface area contributed by atoms with Crippen LogP contribution in [-0.2, 0) is 6.42 Å². The highest BCUT2D eigenvalue weighted by Gasteiger charge is 2.20. The molecule has 1 unspecified atom stereocenters. The molecule has 150 valence electrons. The molecule has 0 spiro atoms. The van der Waals surface area contributed by atoms with Crippen LogP contribution in [0.4, 0.5) is 4.79 Å². The van der Waals surface area contributed by atoms with Gasteiger partial charge in [-0.3, -0.25) is 0 Å². The number of pyridine rings is 1. The van der Waals surface area contributed by atoms with E-state index in [2.05, 4.69) is 33.5 Å². The Bertz CT molecular complexity index is 1040. The molecule has 3 heterocycles. The summed E-state index contributed by atoms with van der Waals surface area (Å²) in [6.45, 7) is 3.35. The highest BCUT2D eigenvalue weighted by atomic mass is 16.5. The summed E-state index contributed by atoms with van der Waals surface area (Å²) < 4.78 is 5.27. The Kier molecular flexibility index (Phi) is 5.51. The summed E-state index contributed by atoms with van der Waals surface area (Å²) in [7, 11) is 1.66. The SMILES string of the molecule is COc1cccc(CC(C)NC(=O)N2CC=C(c3ccnc4[nH]ccc34)CC2)c1. The van der Waals surface area contributed by atoms with Gasteiger partial charge in [-0.15, -0.1) is 0 Å². The Morgan fingerprint density at radius 1 is 1.34 bits per heavy atom. The molecular weight excluding hydrogens is 364 g/mol. The summed E-state index contributed by atoms with van der Waals surface area (Å²) in [5.41, 5.74) is 4.51. The number of hydrogen-bond donors (Lipinski definition) is 2. The smallest absolute Gasteiger partial charge is 0.317 e. The topological polar surface area (TPSA) is 70.2 Å². The van der Waals surface area contributed by atoms with Gasteiger partial charge < -0.3 is 19.9 Å². The van der Waals surface area contributed by atoms with Crippen molar-refractivity contribution < 1.29 is 9.53 Å². The Labute approximate surface area is 170 Å². The maximum absolute atomic E-state index is 12.7. The quantitative estimate of drug-likeness (QED) is 0.692. The molecule has 4 rings (SSSR count). The number of amides is 2. The van der Waals surface area contributed by atoms with Gasteiger partial charge in [0, 0.05) is 36.9 Å². The molecule has 1 aliphatic rings. The fraction of sp³-hybridized carbons (Fsp3) is 0.304. The molecular formula is C23H26N4O2. The predicted octanol–water partition coefficient (Wildman–Crippen LogP) is 4.00. The van der Waals surface area contributed by atoms with Crippen molar-refractivity contribution in [2.24, 2.45) is 0 Å². The molecule has 3 aromatic rings. The van der Waals surface area contributed by atoms with Crippen LogP contribution in [-0.4, -0.2) is 47.1 Å². The third-order valence-corrected chi connectivity index (χ3v) is 5.35. The average Bonchev–Trinajstić information content (AvgIpc) is 3.23. The number of carbonyl (C=O) groups is 1. The first-order valence-corrected chi connectivity index (χ1v) is 9.94. The lowest BCUT2D eigenvalue weighted by atomic mass is 9.98. The van der Waals surface area contributed by atoms with Crippen LogP contribution in [0.2, 0.25) is 0 Å². The number of fused-ring (bicyclic) bond motifs is 1. The van der Waals surface area contributed by atoms with E-state index in [0.717, 1.165) is 35.2 Å². The van der Waals surface area contributed by atoms with Crippen LogP contribution in [0.1, 0.15) is 24.5 Å². The zero-order valence-corrected chi connectivity index (χ0v) is 16.8. The largest absolute Gasteiger partial charge is 0.497 e. The van der Waals surface area contributed by atoms with Gasteiger partial charge in [0.1, 0.15) is 11.4 Å². The van der Waals surface area contributed by atoms with Crippen molar-refractivity contribution in [1.29, 1.82) is 0 Å². The Morgan fingerprint density at radius 3 is 3.03 bits per heavy atom. The van der Waals surface area contributed by atoms with Gasteiger partial charge in [0.05, 0.1) is 7.11 Å². The molecule has 6 nitrogen and oxygen atoms in total. The minimum absolute atomic E-state index is 0.0165. The summed E-state index contributed by atoms with van der Waals surface area (Å²) in [4.78, 5) is 22.1. The van der Waals surface area contributed by atoms with E-state index in [1.165, 1.54) is 11.1 Å². The molecule has 0 saturated heterocycles. The first-order chi connectivity index (χ1) is 14.1. The summed E-state index contributed by atoms with van der Waals surface area (Å²) in [5, 5.41) is 4.25. The minimum Gasteiger partial charge on any atom is -0.497 e. The summed E-state index contributed by atoms with van der Waals surface area (Å²) >= 11 is 0. The fourth-order valence-corrected chi connectivity index (χ4v) is 3.85. The molecule has 0 fully saturated rings. The van der Waals surface area contributed by atoms with Gasteiger partial charge in [-0.1, -0.05) is 18.2 Å². The van der Waals surface area contributed by atoms with E-state index in [4.69, 9.17) is 4.74 Å². The first kappa shape index (κ1) is 19.1. The van der Waals surface area contributed by atoms with E-state index in [0.29, 0.717) is 13.1 Å². The van der Waals surface area contributed by atoms with Crippen molar-refractivity contribution in [2.75, 3.05) is 20.2 Å². The summed E-state index contributed by atoms with van der Waals surface area (Å²) in [5.74, 6) is 0.836. The Hall–Kier alpha value is -3.28. The number of benzene rings is 1. The predicted molar refractivity (Wildman–Crippen MR) is 115 cm³/mol. The van der Waals surface area contributed by atoms with Crippen molar-refractivity contribution in [3.05, 3.63) is 66.0 Å². The number of methoxy groups -OCH3 is 1. The minimum atomic E-state index is -0.0165. The van der Waals surface area contributed by atoms with E-state index in [9.17, 15) is 4.79 Å². The highest BCUT2D eigenvalue weighted by molar-refractivity contribution is 5.90. The second-order valence-electron chi connectivity index (χ2n) is 7.43. The van der Waals surface area contributed by atoms with Crippen LogP contribution < -0.4 is 10.1 Å². The van der Waals surface area contributed by atoms with Crippen LogP contribution in [0.25, 0.3) is 16.6 Å². The third kappa shape index (κ3) is 4.26. The lowest BCUT2D eigenvalue weighted by molar-refractivity contribution is 0.199. The molecule has 1 atom stereocenters. The van der Waals surface area contributed by atoms with E-state index < -0.39 is 0 Å². The molecule has 2 aromatic heterocycles. The number of H-pyrrole nitrogens is 1. The molecule has 0 radical (unpaired) electrons. The van der Waals surface area contributed by atoms with Crippen molar-refractivity contribution in [1.82, 2.24) is 20.2 Å². The molecule has 2 N–H and O–H groups in total. The van der Waals surface area contributed by atoms with E-state index in [-0.39, 0.29) is 12.1 Å². The maximum atomic E-state index is 12.7. The molecule has 1 aromatic carbocycles. The molecule has 6 heteroatoms. The standard InChI is InChI=1S/C23H26N4O2/c1-16(14-17-4-3-5-19(15-17)29-2)26-23(28)27-12-8-18(9-13-27)20-6-10-24-22-21(20)7-11-25-22/h3-8,10-11,15-16H,9,12-14H2,1-2H3,(H,24,25)(H,26,28). The van der Waals surface area contributed by atoms with Crippen LogP contribution >= 0.6 is 0 Å². The Balaban J connectivity index is 1.36. The average molecular weight is 390 g/mol. The van der Waals surface area contributed by atoms with Crippen LogP contribution in [0, 0.1) is 0 Å². The highest BCUT2D eigenvalue weighted by Crippen LogP contribution is 2.27. The maximum Gasteiger partial charge on any atom is 0.317 e. The van der Waals surface area contributed by atoms with E-state index >= 15 is 0 Å². The van der Waals surface area contributed by atoms with Gasteiger partial charge in [0.2, 0.25) is 0 Å². The molecule has 0 aliphatic carbocycles. The van der Waals surface area contributed by atoms with Crippen LogP contribution in [0.15, 0.2) is 54.9 Å². The number of nitrogens with zero attached hydrogens (tertiary/aromatic N) is 2. The second-order valence-corrected chi connectivity index (χ2v) is 7.43. The van der Waals surface area contributed by atoms with Crippen LogP contribution in [0.3, 0.4) is 0 Å². The van der Waals surface area contributed by atoms with Gasteiger partial charge in [-0.2, -0.15) is 0 Å². The number of aromatic nitrogens is 2. The summed E-state index contributed by atoms with van der Waals surface area (Å²) in [6, 6.07) is 12.1. The van der Waals surface area contributed by atoms with Crippen molar-refractivity contribution in [3.63, 3.8) is 0 Å². The monoisotopic (exact) mass is 390 g/mol. The van der Waals surface area contributed by atoms with Gasteiger partial charge >= 0.3 is 6.03 Å².